The standard InChI is InChI=1S/C20H26N4O2.Co/c1-3-10-26-20(25)24-8-6-23(7-9-24)14-16-4-5-18-15(2)11-17(13-21)22-19(18)12-16;/h4-5,11-12H,3,6-10,13,21H2,1-2H3;. The van der Waals surface area contributed by atoms with Gasteiger partial charge in [0.15, 0.2) is 0 Å². The Hall–Kier alpha value is -1.80. The molecule has 1 aromatic heterocycles. The quantitative estimate of drug-likeness (QED) is 0.814. The molecule has 1 aromatic carbocycles. The maximum absolute atomic E-state index is 12.0. The van der Waals surface area contributed by atoms with Crippen molar-refractivity contribution in [2.45, 2.75) is 26.8 Å². The van der Waals surface area contributed by atoms with Crippen molar-refractivity contribution in [1.29, 1.82) is 0 Å². The first-order chi connectivity index (χ1) is 13.0. The number of hydrogen-bond donors (Lipinski definition) is 1. The van der Waals surface area contributed by atoms with E-state index in [9.17, 15) is 4.79 Å². The third-order valence-electron chi connectivity index (χ3n) is 4.74. The summed E-state index contributed by atoms with van der Waals surface area (Å²) in [6.45, 7) is 7.68. The number of benzene rings is 1. The summed E-state index contributed by atoms with van der Waals surface area (Å²) in [5, 5.41) is 1.12. The van der Waals surface area contributed by atoms with Crippen molar-refractivity contribution in [2.75, 3.05) is 32.8 Å². The van der Waals surface area contributed by atoms with Gasteiger partial charge < -0.3 is 0 Å². The fourth-order valence-electron chi connectivity index (χ4n) is 3.24. The molecule has 0 bridgehead atoms. The Morgan fingerprint density at radius 1 is 1.22 bits per heavy atom. The van der Waals surface area contributed by atoms with Crippen LogP contribution in [0.5, 0.6) is 0 Å². The van der Waals surface area contributed by atoms with E-state index in [-0.39, 0.29) is 6.09 Å². The molecule has 1 saturated heterocycles. The molecule has 1 amide bonds. The third kappa shape index (κ3) is 4.55. The first-order valence-corrected chi connectivity index (χ1v) is 9.83. The van der Waals surface area contributed by atoms with Gasteiger partial charge in [-0.25, -0.2) is 0 Å². The summed E-state index contributed by atoms with van der Waals surface area (Å²) in [7, 11) is 0. The van der Waals surface area contributed by atoms with Crippen molar-refractivity contribution in [3.63, 3.8) is 0 Å². The molecular weight excluding hydrogens is 387 g/mol. The number of pyridine rings is 1. The molecule has 0 aliphatic carbocycles. The van der Waals surface area contributed by atoms with Gasteiger partial charge in [-0.1, -0.05) is 0 Å². The van der Waals surface area contributed by atoms with E-state index >= 15 is 0 Å². The number of amides is 1. The van der Waals surface area contributed by atoms with Gasteiger partial charge in [0.2, 0.25) is 0 Å². The summed E-state index contributed by atoms with van der Waals surface area (Å²) in [6.07, 6.45) is 0.609. The van der Waals surface area contributed by atoms with Crippen molar-refractivity contribution in [3.05, 3.63) is 41.1 Å². The van der Waals surface area contributed by atoms with E-state index in [0.29, 0.717) is 26.2 Å². The van der Waals surface area contributed by atoms with Gasteiger partial charge in [0.1, 0.15) is 0 Å². The van der Waals surface area contributed by atoms with E-state index in [1.54, 1.807) is 4.90 Å². The fourth-order valence-corrected chi connectivity index (χ4v) is 3.63. The molecule has 6 nitrogen and oxygen atoms in total. The van der Waals surface area contributed by atoms with Crippen molar-refractivity contribution in [2.24, 2.45) is 5.73 Å². The second-order valence-corrected chi connectivity index (χ2v) is 7.22. The number of hydrogen-bond acceptors (Lipinski definition) is 5. The van der Waals surface area contributed by atoms with Crippen LogP contribution in [0.2, 0.25) is 0 Å². The van der Waals surface area contributed by atoms with Crippen LogP contribution in [0.1, 0.15) is 30.2 Å². The van der Waals surface area contributed by atoms with Crippen molar-refractivity contribution in [3.8, 4) is 0 Å². The van der Waals surface area contributed by atoms with Crippen LogP contribution < -0.4 is 5.73 Å². The second-order valence-electron chi connectivity index (χ2n) is 6.72. The summed E-state index contributed by atoms with van der Waals surface area (Å²) in [5.74, 6) is 0. The van der Waals surface area contributed by atoms with Gasteiger partial charge in [-0.3, -0.25) is 0 Å². The topological polar surface area (TPSA) is 71.7 Å². The second kappa shape index (κ2) is 8.92. The molecule has 2 heterocycles. The molecular formula is C20H26CoN4O2. The van der Waals surface area contributed by atoms with E-state index in [4.69, 9.17) is 25.8 Å². The Balaban J connectivity index is 1.70. The molecule has 1 fully saturated rings. The molecule has 0 spiro atoms. The average molecular weight is 413 g/mol. The molecule has 3 rings (SSSR count). The van der Waals surface area contributed by atoms with Crippen LogP contribution in [0.3, 0.4) is 0 Å². The van der Waals surface area contributed by atoms with E-state index in [1.807, 2.05) is 13.0 Å². The third-order valence-corrected chi connectivity index (χ3v) is 5.36. The number of carbonyl (C=O) groups excluding carboxylic acids is 1. The minimum atomic E-state index is -0.226. The SMILES string of the molecule is CCCOC(=O)N1CCN([C](=[Co])c2ccc3c(C)cc(CN)nc3c2)CC1. The number of aryl methyl sites for hydroxylation is 1. The van der Waals surface area contributed by atoms with E-state index in [1.165, 1.54) is 5.56 Å². The monoisotopic (exact) mass is 413 g/mol. The van der Waals surface area contributed by atoms with Gasteiger partial charge in [-0.2, -0.15) is 0 Å². The van der Waals surface area contributed by atoms with Crippen LogP contribution in [0.25, 0.3) is 10.9 Å². The van der Waals surface area contributed by atoms with Crippen LogP contribution in [0.4, 0.5) is 4.79 Å². The Kier molecular flexibility index (Phi) is 6.59. The van der Waals surface area contributed by atoms with Gasteiger partial charge in [-0.15, -0.1) is 0 Å². The number of aromatic nitrogens is 1. The summed E-state index contributed by atoms with van der Waals surface area (Å²) in [5.41, 5.74) is 9.77. The van der Waals surface area contributed by atoms with Crippen LogP contribution in [0.15, 0.2) is 24.3 Å². The zero-order chi connectivity index (χ0) is 19.4. The van der Waals surface area contributed by atoms with Crippen LogP contribution in [-0.4, -0.2) is 58.2 Å². The molecule has 147 valence electrons. The maximum atomic E-state index is 12.0. The normalized spacial score (nSPS) is 15.2. The molecule has 7 heteroatoms. The Morgan fingerprint density at radius 3 is 2.59 bits per heavy atom. The molecule has 27 heavy (non-hydrogen) atoms. The van der Waals surface area contributed by atoms with Gasteiger partial charge in [0, 0.05) is 0 Å². The molecule has 2 aromatic rings. The summed E-state index contributed by atoms with van der Waals surface area (Å²) >= 11 is 4.82. The predicted molar refractivity (Wildman–Crippen MR) is 103 cm³/mol. The van der Waals surface area contributed by atoms with E-state index in [2.05, 4.69) is 35.0 Å². The van der Waals surface area contributed by atoms with E-state index in [0.717, 1.165) is 46.2 Å². The molecule has 0 atom stereocenters. The first kappa shape index (κ1) is 19.9. The number of fused-ring (bicyclic) bond motifs is 1. The van der Waals surface area contributed by atoms with Crippen LogP contribution in [0, 0.1) is 6.92 Å². The van der Waals surface area contributed by atoms with Gasteiger partial charge >= 0.3 is 168 Å². The molecule has 1 aliphatic heterocycles. The Labute approximate surface area is 167 Å². The van der Waals surface area contributed by atoms with Gasteiger partial charge in [-0.05, 0) is 0 Å². The number of carbonyl (C=O) groups is 1. The van der Waals surface area contributed by atoms with Crippen molar-refractivity contribution >= 4 is 21.6 Å². The molecule has 0 unspecified atom stereocenters. The van der Waals surface area contributed by atoms with E-state index < -0.39 is 0 Å². The van der Waals surface area contributed by atoms with Crippen molar-refractivity contribution < 1.29 is 24.8 Å². The van der Waals surface area contributed by atoms with Gasteiger partial charge in [0.25, 0.3) is 0 Å². The minimum absolute atomic E-state index is 0.226. The first-order valence-electron chi connectivity index (χ1n) is 9.31. The Morgan fingerprint density at radius 2 is 1.93 bits per heavy atom. The predicted octanol–water partition coefficient (Wildman–Crippen LogP) is 2.19. The number of ether oxygens (including phenoxy) is 1. The van der Waals surface area contributed by atoms with Gasteiger partial charge in [0.05, 0.1) is 0 Å². The summed E-state index contributed by atoms with van der Waals surface area (Å²) < 4.78 is 6.11. The number of piperazine rings is 1. The number of rotatable bonds is 5. The zero-order valence-electron chi connectivity index (χ0n) is 15.8. The average Bonchev–Trinajstić information content (AvgIpc) is 2.71. The summed E-state index contributed by atoms with van der Waals surface area (Å²) in [4.78, 5) is 20.6. The zero-order valence-corrected chi connectivity index (χ0v) is 16.9. The Bertz CT molecular complexity index is 847. The molecule has 2 N–H and O–H groups in total. The fraction of sp³-hybridized carbons (Fsp3) is 0.450. The number of nitrogens with zero attached hydrogens (tertiary/aromatic N) is 3. The van der Waals surface area contributed by atoms with Crippen LogP contribution in [-0.2, 0) is 26.6 Å². The summed E-state index contributed by atoms with van der Waals surface area (Å²) in [6, 6.07) is 8.25. The van der Waals surface area contributed by atoms with Crippen molar-refractivity contribution in [1.82, 2.24) is 14.8 Å². The van der Waals surface area contributed by atoms with Crippen LogP contribution >= 0.6 is 0 Å². The molecule has 0 radical (unpaired) electrons. The number of nitrogens with two attached hydrogens (primary N) is 1. The molecule has 1 aliphatic rings. The molecule has 0 saturated carbocycles.